The molecule has 1 heterocycles. The summed E-state index contributed by atoms with van der Waals surface area (Å²) in [7, 11) is -1.37. The van der Waals surface area contributed by atoms with Crippen LogP contribution in [-0.2, 0) is 22.1 Å². The van der Waals surface area contributed by atoms with Crippen LogP contribution in [0.15, 0.2) is 59.7 Å². The summed E-state index contributed by atoms with van der Waals surface area (Å²) in [5.74, 6) is 0.422. The Balaban J connectivity index is 1.67. The number of amides is 1. The van der Waals surface area contributed by atoms with Crippen molar-refractivity contribution in [3.05, 3.63) is 65.2 Å². The van der Waals surface area contributed by atoms with Crippen molar-refractivity contribution < 1.29 is 13.7 Å². The van der Waals surface area contributed by atoms with Crippen LogP contribution in [0.4, 0.5) is 0 Å². The third-order valence-electron chi connectivity index (χ3n) is 3.89. The number of hydrogen-bond acceptors (Lipinski definition) is 4. The number of fused-ring (bicyclic) bond motifs is 1. The predicted molar refractivity (Wildman–Crippen MR) is 94.7 cm³/mol. The van der Waals surface area contributed by atoms with Gasteiger partial charge in [0.1, 0.15) is 10.7 Å². The summed E-state index contributed by atoms with van der Waals surface area (Å²) in [5.41, 5.74) is 0.890. The Morgan fingerprint density at radius 3 is 2.92 bits per heavy atom. The Bertz CT molecular complexity index is 740. The lowest BCUT2D eigenvalue weighted by Crippen LogP contribution is -2.45. The highest BCUT2D eigenvalue weighted by molar-refractivity contribution is 7.91. The topological polar surface area (TPSA) is 67.4 Å². The molecule has 1 amide bonds. The largest absolute Gasteiger partial charge is 0.494 e. The highest BCUT2D eigenvalue weighted by Gasteiger charge is 2.33. The lowest BCUT2D eigenvalue weighted by atomic mass is 10.1. The maximum atomic E-state index is 12.6. The number of ether oxygens (including phenoxy) is 1. The van der Waals surface area contributed by atoms with E-state index in [1.54, 1.807) is 6.20 Å². The molecule has 24 heavy (non-hydrogen) atoms. The first-order valence-electron chi connectivity index (χ1n) is 7.91. The SMILES string of the molecule is CCOc1ccccc1CNC(=O)C1=CNC2C=CC=CC2S1=O. The Labute approximate surface area is 143 Å². The summed E-state index contributed by atoms with van der Waals surface area (Å²) in [6, 6.07) is 7.54. The van der Waals surface area contributed by atoms with Gasteiger partial charge in [0.25, 0.3) is 5.91 Å². The maximum absolute atomic E-state index is 12.6. The number of benzene rings is 1. The van der Waals surface area contributed by atoms with E-state index in [0.717, 1.165) is 11.3 Å². The van der Waals surface area contributed by atoms with E-state index in [0.29, 0.717) is 13.2 Å². The van der Waals surface area contributed by atoms with Gasteiger partial charge in [0.15, 0.2) is 0 Å². The minimum absolute atomic E-state index is 0.0222. The molecule has 0 radical (unpaired) electrons. The van der Waals surface area contributed by atoms with E-state index in [1.165, 1.54) is 0 Å². The van der Waals surface area contributed by atoms with Gasteiger partial charge in [0.2, 0.25) is 0 Å². The van der Waals surface area contributed by atoms with Gasteiger partial charge in [-0.1, -0.05) is 42.5 Å². The molecule has 2 aliphatic rings. The Kier molecular flexibility index (Phi) is 5.15. The van der Waals surface area contributed by atoms with Gasteiger partial charge in [-0.25, -0.2) is 0 Å². The number of rotatable bonds is 5. The van der Waals surface area contributed by atoms with Crippen molar-refractivity contribution in [1.29, 1.82) is 0 Å². The lowest BCUT2D eigenvalue weighted by Gasteiger charge is -2.29. The molecular weight excluding hydrogens is 324 g/mol. The Hall–Kier alpha value is -2.34. The van der Waals surface area contributed by atoms with Crippen LogP contribution < -0.4 is 15.4 Å². The summed E-state index contributed by atoms with van der Waals surface area (Å²) >= 11 is 0. The number of allylic oxidation sites excluding steroid dienone is 2. The summed E-state index contributed by atoms with van der Waals surface area (Å²) in [6.45, 7) is 2.81. The smallest absolute Gasteiger partial charge is 0.262 e. The summed E-state index contributed by atoms with van der Waals surface area (Å²) in [5, 5.41) is 5.75. The van der Waals surface area contributed by atoms with E-state index in [2.05, 4.69) is 10.6 Å². The number of hydrogen-bond donors (Lipinski definition) is 2. The van der Waals surface area contributed by atoms with Gasteiger partial charge in [-0.15, -0.1) is 0 Å². The second kappa shape index (κ2) is 7.49. The molecule has 0 saturated carbocycles. The van der Waals surface area contributed by atoms with Crippen LogP contribution in [-0.4, -0.2) is 28.0 Å². The third kappa shape index (κ3) is 3.43. The van der Waals surface area contributed by atoms with E-state index in [1.807, 2.05) is 55.5 Å². The first-order valence-corrected chi connectivity index (χ1v) is 9.12. The molecule has 6 heteroatoms. The first-order chi connectivity index (χ1) is 11.7. The van der Waals surface area contributed by atoms with Crippen molar-refractivity contribution in [3.63, 3.8) is 0 Å². The van der Waals surface area contributed by atoms with Crippen LogP contribution in [0.25, 0.3) is 0 Å². The van der Waals surface area contributed by atoms with Crippen molar-refractivity contribution in [1.82, 2.24) is 10.6 Å². The Morgan fingerprint density at radius 1 is 1.29 bits per heavy atom. The average Bonchev–Trinajstić information content (AvgIpc) is 2.61. The van der Waals surface area contributed by atoms with E-state index in [-0.39, 0.29) is 22.1 Å². The normalized spacial score (nSPS) is 24.5. The van der Waals surface area contributed by atoms with Gasteiger partial charge < -0.3 is 15.4 Å². The minimum atomic E-state index is -1.37. The molecule has 1 aromatic carbocycles. The highest BCUT2D eigenvalue weighted by atomic mass is 32.2. The van der Waals surface area contributed by atoms with Crippen molar-refractivity contribution >= 4 is 16.7 Å². The second-order valence-electron chi connectivity index (χ2n) is 5.46. The quantitative estimate of drug-likeness (QED) is 0.854. The van der Waals surface area contributed by atoms with Crippen molar-refractivity contribution in [2.75, 3.05) is 6.61 Å². The van der Waals surface area contributed by atoms with Crippen LogP contribution in [0.3, 0.4) is 0 Å². The molecule has 2 N–H and O–H groups in total. The zero-order chi connectivity index (χ0) is 16.9. The predicted octanol–water partition coefficient (Wildman–Crippen LogP) is 1.76. The van der Waals surface area contributed by atoms with Gasteiger partial charge in [-0.2, -0.15) is 0 Å². The minimum Gasteiger partial charge on any atom is -0.494 e. The number of carbonyl (C=O) groups is 1. The van der Waals surface area contributed by atoms with Crippen molar-refractivity contribution in [2.24, 2.45) is 0 Å². The van der Waals surface area contributed by atoms with Gasteiger partial charge in [0, 0.05) is 18.3 Å². The molecule has 0 spiro atoms. The van der Waals surface area contributed by atoms with E-state index < -0.39 is 10.8 Å². The van der Waals surface area contributed by atoms with Gasteiger partial charge in [0.05, 0.1) is 28.7 Å². The van der Waals surface area contributed by atoms with E-state index >= 15 is 0 Å². The molecule has 0 aromatic heterocycles. The van der Waals surface area contributed by atoms with Crippen LogP contribution in [0.5, 0.6) is 5.75 Å². The van der Waals surface area contributed by atoms with Gasteiger partial charge in [-0.3, -0.25) is 9.00 Å². The molecular formula is C18H20N2O3S. The molecule has 3 rings (SSSR count). The summed E-state index contributed by atoms with van der Waals surface area (Å²) in [6.07, 6.45) is 9.16. The fraction of sp³-hybridized carbons (Fsp3) is 0.278. The van der Waals surface area contributed by atoms with Crippen molar-refractivity contribution in [2.45, 2.75) is 24.8 Å². The molecule has 1 aliphatic heterocycles. The Morgan fingerprint density at radius 2 is 2.08 bits per heavy atom. The number of carbonyl (C=O) groups excluding carboxylic acids is 1. The molecule has 0 fully saturated rings. The van der Waals surface area contributed by atoms with Gasteiger partial charge >= 0.3 is 0 Å². The monoisotopic (exact) mass is 344 g/mol. The van der Waals surface area contributed by atoms with Crippen LogP contribution in [0, 0.1) is 0 Å². The fourth-order valence-corrected chi connectivity index (χ4v) is 4.09. The lowest BCUT2D eigenvalue weighted by molar-refractivity contribution is -0.117. The zero-order valence-corrected chi connectivity index (χ0v) is 14.2. The number of nitrogens with one attached hydrogen (secondary N) is 2. The molecule has 0 bridgehead atoms. The summed E-state index contributed by atoms with van der Waals surface area (Å²) in [4.78, 5) is 12.7. The van der Waals surface area contributed by atoms with E-state index in [4.69, 9.17) is 4.74 Å². The molecule has 126 valence electrons. The fourth-order valence-electron chi connectivity index (χ4n) is 2.68. The zero-order valence-electron chi connectivity index (χ0n) is 13.4. The maximum Gasteiger partial charge on any atom is 0.262 e. The third-order valence-corrected chi connectivity index (χ3v) is 5.57. The van der Waals surface area contributed by atoms with Crippen LogP contribution in [0.2, 0.25) is 0 Å². The molecule has 1 aliphatic carbocycles. The first kappa shape index (κ1) is 16.5. The molecule has 5 nitrogen and oxygen atoms in total. The van der Waals surface area contributed by atoms with Crippen LogP contribution in [0.1, 0.15) is 12.5 Å². The van der Waals surface area contributed by atoms with Gasteiger partial charge in [-0.05, 0) is 13.0 Å². The van der Waals surface area contributed by atoms with Crippen LogP contribution >= 0.6 is 0 Å². The number of para-hydroxylation sites is 1. The van der Waals surface area contributed by atoms with E-state index in [9.17, 15) is 9.00 Å². The summed E-state index contributed by atoms with van der Waals surface area (Å²) < 4.78 is 18.2. The molecule has 0 saturated heterocycles. The van der Waals surface area contributed by atoms with Crippen molar-refractivity contribution in [3.8, 4) is 5.75 Å². The molecule has 1 aromatic rings. The highest BCUT2D eigenvalue weighted by Crippen LogP contribution is 2.22. The molecule has 3 unspecified atom stereocenters. The second-order valence-corrected chi connectivity index (χ2v) is 7.04. The molecule has 3 atom stereocenters. The standard InChI is InChI=1S/C18H20N2O3S/c1-2-23-15-9-5-3-7-13(15)11-20-18(21)17-12-19-14-8-4-6-10-16(14)24(17)22/h3-10,12,14,16,19H,2,11H2,1H3,(H,20,21). The average molecular weight is 344 g/mol.